The van der Waals surface area contributed by atoms with Gasteiger partial charge in [-0.2, -0.15) is 0 Å². The van der Waals surface area contributed by atoms with E-state index in [1.54, 1.807) is 0 Å². The van der Waals surface area contributed by atoms with Gasteiger partial charge in [-0.3, -0.25) is 10.1 Å². The second kappa shape index (κ2) is 7.70. The summed E-state index contributed by atoms with van der Waals surface area (Å²) in [6.45, 7) is -0.354. The molecule has 24 heavy (non-hydrogen) atoms. The van der Waals surface area contributed by atoms with E-state index in [2.05, 4.69) is 10.3 Å². The summed E-state index contributed by atoms with van der Waals surface area (Å²) < 4.78 is 31.4. The number of carbonyl (C=O) groups is 1. The zero-order valence-corrected chi connectivity index (χ0v) is 13.9. The van der Waals surface area contributed by atoms with Crippen LogP contribution in [0.25, 0.3) is 0 Å². The van der Waals surface area contributed by atoms with Crippen LogP contribution in [0.3, 0.4) is 0 Å². The number of anilines is 1. The molecule has 128 valence electrons. The summed E-state index contributed by atoms with van der Waals surface area (Å²) in [5.74, 6) is -2.09. The highest BCUT2D eigenvalue weighted by Gasteiger charge is 2.15. The molecule has 0 spiro atoms. The lowest BCUT2D eigenvalue weighted by atomic mass is 10.0. The lowest BCUT2D eigenvalue weighted by Crippen LogP contribution is -2.20. The number of hydrogen-bond acceptors (Lipinski definition) is 4. The minimum absolute atomic E-state index is 0.155. The fraction of sp³-hybridized carbons (Fsp3) is 0.412. The van der Waals surface area contributed by atoms with Crippen molar-refractivity contribution in [3.05, 3.63) is 40.4 Å². The second-order valence-electron chi connectivity index (χ2n) is 5.71. The molecule has 0 saturated carbocycles. The third-order valence-corrected chi connectivity index (χ3v) is 4.92. The Labute approximate surface area is 142 Å². The van der Waals surface area contributed by atoms with E-state index in [0.717, 1.165) is 43.5 Å². The van der Waals surface area contributed by atoms with E-state index in [1.165, 1.54) is 29.1 Å². The fourth-order valence-corrected chi connectivity index (χ4v) is 3.72. The van der Waals surface area contributed by atoms with Crippen molar-refractivity contribution in [3.63, 3.8) is 0 Å². The van der Waals surface area contributed by atoms with Crippen LogP contribution >= 0.6 is 11.3 Å². The quantitative estimate of drug-likeness (QED) is 0.901. The van der Waals surface area contributed by atoms with E-state index in [1.807, 2.05) is 0 Å². The molecular weight excluding hydrogens is 334 g/mol. The fourth-order valence-electron chi connectivity index (χ4n) is 2.65. The molecule has 0 fully saturated rings. The number of thiazole rings is 1. The van der Waals surface area contributed by atoms with Gasteiger partial charge in [-0.15, -0.1) is 11.3 Å². The van der Waals surface area contributed by atoms with Gasteiger partial charge in [0.15, 0.2) is 23.3 Å². The first-order valence-electron chi connectivity index (χ1n) is 7.98. The minimum Gasteiger partial charge on any atom is -0.481 e. The smallest absolute Gasteiger partial charge is 0.264 e. The number of aryl methyl sites for hydroxylation is 2. The molecule has 4 nitrogen and oxygen atoms in total. The molecule has 1 amide bonds. The summed E-state index contributed by atoms with van der Waals surface area (Å²) in [7, 11) is 0. The molecule has 1 N–H and O–H groups in total. The highest BCUT2D eigenvalue weighted by molar-refractivity contribution is 7.15. The number of nitrogens with one attached hydrogen (secondary N) is 1. The van der Waals surface area contributed by atoms with Crippen LogP contribution in [-0.4, -0.2) is 17.5 Å². The van der Waals surface area contributed by atoms with Crippen LogP contribution in [-0.2, 0) is 17.6 Å². The zero-order chi connectivity index (χ0) is 16.9. The van der Waals surface area contributed by atoms with Crippen molar-refractivity contribution in [2.45, 2.75) is 38.5 Å². The average molecular weight is 352 g/mol. The first kappa shape index (κ1) is 16.8. The van der Waals surface area contributed by atoms with Crippen LogP contribution in [0, 0.1) is 11.6 Å². The lowest BCUT2D eigenvalue weighted by molar-refractivity contribution is -0.118. The van der Waals surface area contributed by atoms with Gasteiger partial charge in [-0.25, -0.2) is 13.8 Å². The summed E-state index contributed by atoms with van der Waals surface area (Å²) >= 11 is 1.49. The van der Waals surface area contributed by atoms with Gasteiger partial charge in [-0.05, 0) is 37.8 Å². The Balaban J connectivity index is 1.57. The Morgan fingerprint density at radius 2 is 2.00 bits per heavy atom. The van der Waals surface area contributed by atoms with Crippen molar-refractivity contribution in [2.75, 3.05) is 11.9 Å². The molecule has 1 aliphatic rings. The topological polar surface area (TPSA) is 51.2 Å². The molecule has 1 aliphatic carbocycles. The first-order chi connectivity index (χ1) is 11.6. The average Bonchev–Trinajstić information content (AvgIpc) is 2.87. The third-order valence-electron chi connectivity index (χ3n) is 3.84. The molecule has 1 aromatic heterocycles. The molecule has 0 saturated heterocycles. The maximum absolute atomic E-state index is 13.5. The van der Waals surface area contributed by atoms with Crippen LogP contribution in [0.2, 0.25) is 0 Å². The third kappa shape index (κ3) is 4.29. The first-order valence-corrected chi connectivity index (χ1v) is 8.80. The number of carbonyl (C=O) groups excluding carboxylic acids is 1. The monoisotopic (exact) mass is 352 g/mol. The van der Waals surface area contributed by atoms with Crippen molar-refractivity contribution in [2.24, 2.45) is 0 Å². The predicted molar refractivity (Wildman–Crippen MR) is 88.5 cm³/mol. The van der Waals surface area contributed by atoms with E-state index in [0.29, 0.717) is 11.2 Å². The normalized spacial score (nSPS) is 14.4. The molecule has 3 rings (SSSR count). The van der Waals surface area contributed by atoms with Crippen molar-refractivity contribution < 1.29 is 18.3 Å². The van der Waals surface area contributed by atoms with E-state index < -0.39 is 17.5 Å². The lowest BCUT2D eigenvalue weighted by Gasteiger charge is -2.06. The van der Waals surface area contributed by atoms with E-state index in [-0.39, 0.29) is 12.4 Å². The molecule has 0 unspecified atom stereocenters. The SMILES string of the molecule is O=C(COc1ccc(F)cc1F)Nc1nc2c(s1)CCCCCC2. The molecule has 0 bridgehead atoms. The number of fused-ring (bicyclic) bond motifs is 1. The van der Waals surface area contributed by atoms with Crippen LogP contribution < -0.4 is 10.1 Å². The molecular formula is C17H18F2N2O2S. The van der Waals surface area contributed by atoms with Gasteiger partial charge in [-0.1, -0.05) is 12.8 Å². The van der Waals surface area contributed by atoms with Gasteiger partial charge in [0, 0.05) is 10.9 Å². The van der Waals surface area contributed by atoms with Gasteiger partial charge in [0.25, 0.3) is 5.91 Å². The highest BCUT2D eigenvalue weighted by Crippen LogP contribution is 2.28. The molecule has 2 aromatic rings. The number of ether oxygens (including phenoxy) is 1. The maximum Gasteiger partial charge on any atom is 0.264 e. The zero-order valence-electron chi connectivity index (χ0n) is 13.1. The number of aromatic nitrogens is 1. The molecule has 0 aliphatic heterocycles. The minimum atomic E-state index is -0.833. The Hall–Kier alpha value is -2.02. The molecule has 1 heterocycles. The number of amides is 1. The number of hydrogen-bond donors (Lipinski definition) is 1. The summed E-state index contributed by atoms with van der Waals surface area (Å²) in [6.07, 6.45) is 6.66. The summed E-state index contributed by atoms with van der Waals surface area (Å²) in [5, 5.41) is 3.24. The van der Waals surface area contributed by atoms with Crippen molar-refractivity contribution in [1.82, 2.24) is 4.98 Å². The van der Waals surface area contributed by atoms with Crippen molar-refractivity contribution in [3.8, 4) is 5.75 Å². The van der Waals surface area contributed by atoms with E-state index >= 15 is 0 Å². The van der Waals surface area contributed by atoms with Gasteiger partial charge < -0.3 is 4.74 Å². The van der Waals surface area contributed by atoms with Crippen LogP contribution in [0.5, 0.6) is 5.75 Å². The second-order valence-corrected chi connectivity index (χ2v) is 6.80. The molecule has 0 atom stereocenters. The van der Waals surface area contributed by atoms with Crippen LogP contribution in [0.15, 0.2) is 18.2 Å². The number of benzene rings is 1. The summed E-state index contributed by atoms with van der Waals surface area (Å²) in [4.78, 5) is 17.7. The highest BCUT2D eigenvalue weighted by atomic mass is 32.1. The summed E-state index contributed by atoms with van der Waals surface area (Å²) in [6, 6.07) is 2.96. The summed E-state index contributed by atoms with van der Waals surface area (Å²) in [5.41, 5.74) is 1.07. The van der Waals surface area contributed by atoms with E-state index in [9.17, 15) is 13.6 Å². The molecule has 0 radical (unpaired) electrons. The predicted octanol–water partition coefficient (Wildman–Crippen LogP) is 4.10. The number of nitrogens with zero attached hydrogens (tertiary/aromatic N) is 1. The van der Waals surface area contributed by atoms with Crippen molar-refractivity contribution in [1.29, 1.82) is 0 Å². The van der Waals surface area contributed by atoms with E-state index in [4.69, 9.17) is 4.74 Å². The Bertz CT molecular complexity index is 708. The Kier molecular flexibility index (Phi) is 5.40. The largest absolute Gasteiger partial charge is 0.481 e. The van der Waals surface area contributed by atoms with Gasteiger partial charge in [0.1, 0.15) is 5.82 Å². The van der Waals surface area contributed by atoms with Crippen LogP contribution in [0.1, 0.15) is 36.3 Å². The molecule has 1 aromatic carbocycles. The van der Waals surface area contributed by atoms with Gasteiger partial charge in [0.2, 0.25) is 0 Å². The number of rotatable bonds is 4. The van der Waals surface area contributed by atoms with Gasteiger partial charge in [0.05, 0.1) is 5.69 Å². The van der Waals surface area contributed by atoms with Crippen LogP contribution in [0.4, 0.5) is 13.9 Å². The molecule has 7 heteroatoms. The van der Waals surface area contributed by atoms with Crippen molar-refractivity contribution >= 4 is 22.4 Å². The maximum atomic E-state index is 13.5. The van der Waals surface area contributed by atoms with Gasteiger partial charge >= 0.3 is 0 Å². The Morgan fingerprint density at radius 3 is 2.79 bits per heavy atom. The standard InChI is InChI=1S/C17H18F2N2O2S/c18-11-7-8-14(12(19)9-11)23-10-16(22)21-17-20-13-5-3-1-2-4-6-15(13)24-17/h7-9H,1-6,10H2,(H,20,21,22). The Morgan fingerprint density at radius 1 is 1.21 bits per heavy atom. The number of halogens is 2.